The van der Waals surface area contributed by atoms with Crippen molar-refractivity contribution in [1.82, 2.24) is 0 Å². The van der Waals surface area contributed by atoms with E-state index in [1.807, 2.05) is 25.1 Å². The van der Waals surface area contributed by atoms with E-state index in [4.69, 9.17) is 14.3 Å². The molecule has 82 valence electrons. The lowest BCUT2D eigenvalue weighted by Crippen LogP contribution is -1.92. The van der Waals surface area contributed by atoms with Crippen LogP contribution in [0.3, 0.4) is 0 Å². The number of methoxy groups -OCH3 is 2. The Morgan fingerprint density at radius 1 is 1.20 bits per heavy atom. The fourth-order valence-corrected chi connectivity index (χ4v) is 1.11. The van der Waals surface area contributed by atoms with Gasteiger partial charge in [-0.2, -0.15) is 0 Å². The molecule has 0 amide bonds. The van der Waals surface area contributed by atoms with Gasteiger partial charge in [0.05, 0.1) is 20.4 Å². The molecule has 0 saturated heterocycles. The van der Waals surface area contributed by atoms with Crippen LogP contribution in [-0.2, 0) is 4.84 Å². The summed E-state index contributed by atoms with van der Waals surface area (Å²) in [5.41, 5.74) is 0.904. The molecule has 4 nitrogen and oxygen atoms in total. The van der Waals surface area contributed by atoms with Gasteiger partial charge in [-0.15, -0.1) is 0 Å². The molecule has 0 unspecified atom stereocenters. The fraction of sp³-hybridized carbons (Fsp3) is 0.364. The van der Waals surface area contributed by atoms with Crippen LogP contribution in [0.5, 0.6) is 11.5 Å². The second kappa shape index (κ2) is 5.90. The first kappa shape index (κ1) is 11.4. The van der Waals surface area contributed by atoms with E-state index in [1.54, 1.807) is 20.4 Å². The van der Waals surface area contributed by atoms with Gasteiger partial charge in [0.25, 0.3) is 0 Å². The Balaban J connectivity index is 2.83. The Morgan fingerprint density at radius 3 is 2.53 bits per heavy atom. The van der Waals surface area contributed by atoms with Crippen molar-refractivity contribution in [3.05, 3.63) is 23.8 Å². The van der Waals surface area contributed by atoms with E-state index >= 15 is 0 Å². The zero-order valence-electron chi connectivity index (χ0n) is 9.19. The number of hydrogen-bond acceptors (Lipinski definition) is 4. The number of oxime groups is 1. The molecule has 1 rings (SSSR count). The summed E-state index contributed by atoms with van der Waals surface area (Å²) in [6.45, 7) is 2.44. The van der Waals surface area contributed by atoms with Gasteiger partial charge in [0.15, 0.2) is 11.5 Å². The van der Waals surface area contributed by atoms with Crippen molar-refractivity contribution in [2.24, 2.45) is 5.16 Å². The molecule has 0 heterocycles. The van der Waals surface area contributed by atoms with Crippen molar-refractivity contribution in [3.63, 3.8) is 0 Å². The van der Waals surface area contributed by atoms with Crippen LogP contribution < -0.4 is 9.47 Å². The highest BCUT2D eigenvalue weighted by atomic mass is 16.6. The Hall–Kier alpha value is -1.71. The van der Waals surface area contributed by atoms with Crippen molar-refractivity contribution in [3.8, 4) is 11.5 Å². The van der Waals surface area contributed by atoms with Crippen molar-refractivity contribution in [2.75, 3.05) is 20.8 Å². The third kappa shape index (κ3) is 3.16. The second-order valence-electron chi connectivity index (χ2n) is 2.77. The number of benzene rings is 1. The Labute approximate surface area is 89.4 Å². The minimum atomic E-state index is 0.559. The summed E-state index contributed by atoms with van der Waals surface area (Å²) in [4.78, 5) is 4.86. The molecule has 0 bridgehead atoms. The maximum absolute atomic E-state index is 5.16. The summed E-state index contributed by atoms with van der Waals surface area (Å²) in [7, 11) is 3.20. The monoisotopic (exact) mass is 209 g/mol. The van der Waals surface area contributed by atoms with Gasteiger partial charge in [0, 0.05) is 5.56 Å². The van der Waals surface area contributed by atoms with Gasteiger partial charge in [-0.1, -0.05) is 5.16 Å². The predicted octanol–water partition coefficient (Wildman–Crippen LogP) is 2.07. The smallest absolute Gasteiger partial charge is 0.161 e. The first-order chi connectivity index (χ1) is 7.31. The second-order valence-corrected chi connectivity index (χ2v) is 2.77. The Kier molecular flexibility index (Phi) is 4.47. The molecule has 0 saturated carbocycles. The third-order valence-corrected chi connectivity index (χ3v) is 1.81. The molecule has 0 aliphatic rings. The van der Waals surface area contributed by atoms with Gasteiger partial charge < -0.3 is 14.3 Å². The van der Waals surface area contributed by atoms with Gasteiger partial charge in [-0.25, -0.2) is 0 Å². The van der Waals surface area contributed by atoms with E-state index in [9.17, 15) is 0 Å². The molecule has 0 fully saturated rings. The van der Waals surface area contributed by atoms with E-state index < -0.39 is 0 Å². The molecule has 0 atom stereocenters. The molecule has 0 radical (unpaired) electrons. The first-order valence-corrected chi connectivity index (χ1v) is 4.69. The van der Waals surface area contributed by atoms with Crippen LogP contribution in [0.2, 0.25) is 0 Å². The topological polar surface area (TPSA) is 40.0 Å². The maximum atomic E-state index is 5.16. The molecule has 15 heavy (non-hydrogen) atoms. The number of ether oxygens (including phenoxy) is 2. The van der Waals surface area contributed by atoms with Gasteiger partial charge >= 0.3 is 0 Å². The summed E-state index contributed by atoms with van der Waals surface area (Å²) in [6.07, 6.45) is 1.63. The average molecular weight is 209 g/mol. The highest BCUT2D eigenvalue weighted by molar-refractivity contribution is 5.80. The van der Waals surface area contributed by atoms with E-state index in [1.165, 1.54) is 0 Å². The lowest BCUT2D eigenvalue weighted by Gasteiger charge is -2.07. The van der Waals surface area contributed by atoms with Gasteiger partial charge in [-0.05, 0) is 25.1 Å². The minimum Gasteiger partial charge on any atom is -0.493 e. The molecule has 1 aromatic rings. The third-order valence-electron chi connectivity index (χ3n) is 1.81. The zero-order chi connectivity index (χ0) is 11.1. The van der Waals surface area contributed by atoms with Crippen LogP contribution in [0.4, 0.5) is 0 Å². The average Bonchev–Trinajstić information content (AvgIpc) is 2.29. The standard InChI is InChI=1S/C11H15NO3/c1-4-15-12-8-9-5-6-10(13-2)11(7-9)14-3/h5-8H,4H2,1-3H3/b12-8+. The summed E-state index contributed by atoms with van der Waals surface area (Å²) in [5.74, 6) is 1.38. The minimum absolute atomic E-state index is 0.559. The maximum Gasteiger partial charge on any atom is 0.161 e. The van der Waals surface area contributed by atoms with Crippen molar-refractivity contribution < 1.29 is 14.3 Å². The van der Waals surface area contributed by atoms with Crippen molar-refractivity contribution in [1.29, 1.82) is 0 Å². The molecular formula is C11H15NO3. The molecule has 0 aliphatic heterocycles. The van der Waals surface area contributed by atoms with E-state index in [2.05, 4.69) is 5.16 Å². The molecule has 1 aromatic carbocycles. The number of nitrogens with zero attached hydrogens (tertiary/aromatic N) is 1. The molecule has 0 aliphatic carbocycles. The van der Waals surface area contributed by atoms with E-state index in [0.717, 1.165) is 5.56 Å². The van der Waals surface area contributed by atoms with Crippen molar-refractivity contribution in [2.45, 2.75) is 6.92 Å². The van der Waals surface area contributed by atoms with Crippen LogP contribution in [0.1, 0.15) is 12.5 Å². The predicted molar refractivity (Wildman–Crippen MR) is 58.8 cm³/mol. The highest BCUT2D eigenvalue weighted by Gasteiger charge is 2.02. The highest BCUT2D eigenvalue weighted by Crippen LogP contribution is 2.26. The van der Waals surface area contributed by atoms with Crippen LogP contribution in [-0.4, -0.2) is 27.0 Å². The molecule has 0 aromatic heterocycles. The van der Waals surface area contributed by atoms with Crippen LogP contribution >= 0.6 is 0 Å². The molecule has 0 N–H and O–H groups in total. The lowest BCUT2D eigenvalue weighted by atomic mass is 10.2. The fourth-order valence-electron chi connectivity index (χ4n) is 1.11. The molecular weight excluding hydrogens is 194 g/mol. The van der Waals surface area contributed by atoms with Crippen molar-refractivity contribution >= 4 is 6.21 Å². The lowest BCUT2D eigenvalue weighted by molar-refractivity contribution is 0.160. The number of rotatable bonds is 5. The summed E-state index contributed by atoms with van der Waals surface area (Å²) < 4.78 is 10.3. The van der Waals surface area contributed by atoms with Crippen LogP contribution in [0.25, 0.3) is 0 Å². The quantitative estimate of drug-likeness (QED) is 0.550. The number of hydrogen-bond donors (Lipinski definition) is 0. The van der Waals surface area contributed by atoms with Crippen LogP contribution in [0, 0.1) is 0 Å². The first-order valence-electron chi connectivity index (χ1n) is 4.69. The summed E-state index contributed by atoms with van der Waals surface area (Å²) in [5, 5.41) is 3.77. The summed E-state index contributed by atoms with van der Waals surface area (Å²) in [6, 6.07) is 5.54. The Morgan fingerprint density at radius 2 is 1.93 bits per heavy atom. The van der Waals surface area contributed by atoms with E-state index in [-0.39, 0.29) is 0 Å². The molecule has 4 heteroatoms. The Bertz CT molecular complexity index is 337. The van der Waals surface area contributed by atoms with Gasteiger partial charge in [0.1, 0.15) is 6.61 Å². The normalized spacial score (nSPS) is 10.3. The zero-order valence-corrected chi connectivity index (χ0v) is 9.19. The van der Waals surface area contributed by atoms with Gasteiger partial charge in [-0.3, -0.25) is 0 Å². The molecule has 0 spiro atoms. The van der Waals surface area contributed by atoms with E-state index in [0.29, 0.717) is 18.1 Å². The van der Waals surface area contributed by atoms with Crippen LogP contribution in [0.15, 0.2) is 23.4 Å². The summed E-state index contributed by atoms with van der Waals surface area (Å²) >= 11 is 0. The SMILES string of the molecule is CCO/N=C/c1ccc(OC)c(OC)c1. The van der Waals surface area contributed by atoms with Gasteiger partial charge in [0.2, 0.25) is 0 Å². The largest absolute Gasteiger partial charge is 0.493 e.